The average Bonchev–Trinajstić information content (AvgIpc) is 2.16. The van der Waals surface area contributed by atoms with E-state index in [-0.39, 0.29) is 5.57 Å². The molecule has 0 amide bonds. The Kier molecular flexibility index (Phi) is 3.24. The Labute approximate surface area is 83.2 Å². The van der Waals surface area contributed by atoms with Crippen LogP contribution in [0.3, 0.4) is 0 Å². The third kappa shape index (κ3) is 2.59. The van der Waals surface area contributed by atoms with Gasteiger partial charge in [0.15, 0.2) is 0 Å². The van der Waals surface area contributed by atoms with Crippen LogP contribution >= 0.6 is 0 Å². The highest BCUT2D eigenvalue weighted by Crippen LogP contribution is 2.09. The first-order valence-corrected chi connectivity index (χ1v) is 4.27. The van der Waals surface area contributed by atoms with E-state index >= 15 is 0 Å². The van der Waals surface area contributed by atoms with Crippen molar-refractivity contribution in [1.82, 2.24) is 0 Å². The molecule has 72 valence electrons. The molecule has 0 bridgehead atoms. The Bertz CT molecular complexity index is 372. The van der Waals surface area contributed by atoms with Gasteiger partial charge in [-0.15, -0.1) is 0 Å². The Balaban J connectivity index is 3.01. The SMILES string of the molecule is C=C/C(=C/c1ccc(C)cc1)C(=O)O. The van der Waals surface area contributed by atoms with Crippen LogP contribution in [0, 0.1) is 6.92 Å². The van der Waals surface area contributed by atoms with Crippen LogP contribution in [0.4, 0.5) is 0 Å². The lowest BCUT2D eigenvalue weighted by molar-refractivity contribution is -0.132. The Morgan fingerprint density at radius 1 is 1.36 bits per heavy atom. The highest BCUT2D eigenvalue weighted by molar-refractivity contribution is 5.95. The van der Waals surface area contributed by atoms with Crippen molar-refractivity contribution >= 4 is 12.0 Å². The van der Waals surface area contributed by atoms with Crippen molar-refractivity contribution in [2.45, 2.75) is 6.92 Å². The summed E-state index contributed by atoms with van der Waals surface area (Å²) in [4.78, 5) is 10.7. The Morgan fingerprint density at radius 3 is 2.36 bits per heavy atom. The summed E-state index contributed by atoms with van der Waals surface area (Å²) in [5.74, 6) is -0.958. The molecule has 0 aromatic heterocycles. The third-order valence-electron chi connectivity index (χ3n) is 1.87. The quantitative estimate of drug-likeness (QED) is 0.584. The highest BCUT2D eigenvalue weighted by atomic mass is 16.4. The van der Waals surface area contributed by atoms with E-state index in [2.05, 4.69) is 6.58 Å². The number of carboxylic acids is 1. The molecule has 0 aliphatic rings. The van der Waals surface area contributed by atoms with Gasteiger partial charge in [-0.1, -0.05) is 42.5 Å². The normalized spacial score (nSPS) is 11.1. The zero-order chi connectivity index (χ0) is 10.6. The summed E-state index contributed by atoms with van der Waals surface area (Å²) >= 11 is 0. The molecule has 0 aliphatic heterocycles. The van der Waals surface area contributed by atoms with Crippen LogP contribution in [-0.2, 0) is 4.79 Å². The average molecular weight is 188 g/mol. The standard InChI is InChI=1S/C12H12O2/c1-3-11(12(13)14)8-10-6-4-9(2)5-7-10/h3-8H,1H2,2H3,(H,13,14)/b11-8-. The maximum atomic E-state index is 10.7. The van der Waals surface area contributed by atoms with Crippen LogP contribution in [-0.4, -0.2) is 11.1 Å². The van der Waals surface area contributed by atoms with Crippen molar-refractivity contribution in [2.24, 2.45) is 0 Å². The van der Waals surface area contributed by atoms with Crippen LogP contribution in [0.1, 0.15) is 11.1 Å². The Hall–Kier alpha value is -1.83. The summed E-state index contributed by atoms with van der Waals surface area (Å²) < 4.78 is 0. The van der Waals surface area contributed by atoms with Gasteiger partial charge >= 0.3 is 5.97 Å². The van der Waals surface area contributed by atoms with Gasteiger partial charge in [0.1, 0.15) is 0 Å². The first-order valence-electron chi connectivity index (χ1n) is 4.27. The topological polar surface area (TPSA) is 37.3 Å². The lowest BCUT2D eigenvalue weighted by Gasteiger charge is -1.97. The second kappa shape index (κ2) is 4.42. The van der Waals surface area contributed by atoms with Crippen molar-refractivity contribution in [1.29, 1.82) is 0 Å². The maximum absolute atomic E-state index is 10.7. The van der Waals surface area contributed by atoms with Gasteiger partial charge in [0.2, 0.25) is 0 Å². The fourth-order valence-corrected chi connectivity index (χ4v) is 1.05. The zero-order valence-electron chi connectivity index (χ0n) is 8.03. The van der Waals surface area contributed by atoms with Gasteiger partial charge < -0.3 is 5.11 Å². The summed E-state index contributed by atoms with van der Waals surface area (Å²) in [7, 11) is 0. The predicted molar refractivity (Wildman–Crippen MR) is 57.0 cm³/mol. The number of carbonyl (C=O) groups is 1. The first-order chi connectivity index (χ1) is 6.63. The fourth-order valence-electron chi connectivity index (χ4n) is 1.05. The predicted octanol–water partition coefficient (Wildman–Crippen LogP) is 2.65. The number of hydrogen-bond donors (Lipinski definition) is 1. The summed E-state index contributed by atoms with van der Waals surface area (Å²) in [6, 6.07) is 7.63. The van der Waals surface area contributed by atoms with Crippen LogP contribution in [0.15, 0.2) is 42.5 Å². The highest BCUT2D eigenvalue weighted by Gasteiger charge is 2.01. The summed E-state index contributed by atoms with van der Waals surface area (Å²) in [5.41, 5.74) is 2.22. The van der Waals surface area contributed by atoms with Crippen LogP contribution < -0.4 is 0 Å². The molecule has 2 heteroatoms. The molecule has 0 aliphatic carbocycles. The lowest BCUT2D eigenvalue weighted by Crippen LogP contribution is -1.96. The largest absolute Gasteiger partial charge is 0.478 e. The van der Waals surface area contributed by atoms with Gasteiger partial charge in [-0.05, 0) is 18.6 Å². The molecular weight excluding hydrogens is 176 g/mol. The van der Waals surface area contributed by atoms with Gasteiger partial charge in [0, 0.05) is 0 Å². The second-order valence-corrected chi connectivity index (χ2v) is 3.02. The minimum absolute atomic E-state index is 0.203. The summed E-state index contributed by atoms with van der Waals surface area (Å²) in [6.07, 6.45) is 2.93. The number of aliphatic carboxylic acids is 1. The van der Waals surface area contributed by atoms with Gasteiger partial charge in [0.05, 0.1) is 5.57 Å². The van der Waals surface area contributed by atoms with Gasteiger partial charge in [-0.25, -0.2) is 4.79 Å². The molecule has 2 nitrogen and oxygen atoms in total. The summed E-state index contributed by atoms with van der Waals surface area (Å²) in [6.45, 7) is 5.43. The monoisotopic (exact) mass is 188 g/mol. The van der Waals surface area contributed by atoms with Crippen LogP contribution in [0.25, 0.3) is 6.08 Å². The van der Waals surface area contributed by atoms with Crippen molar-refractivity contribution in [2.75, 3.05) is 0 Å². The molecule has 1 aromatic rings. The number of hydrogen-bond acceptors (Lipinski definition) is 1. The molecule has 0 unspecified atom stereocenters. The molecule has 1 aromatic carbocycles. The Morgan fingerprint density at radius 2 is 1.93 bits per heavy atom. The first kappa shape index (κ1) is 10.3. The molecule has 0 fully saturated rings. The van der Waals surface area contributed by atoms with Crippen molar-refractivity contribution in [3.63, 3.8) is 0 Å². The second-order valence-electron chi connectivity index (χ2n) is 3.02. The van der Waals surface area contributed by atoms with Crippen molar-refractivity contribution < 1.29 is 9.90 Å². The van der Waals surface area contributed by atoms with Crippen LogP contribution in [0.5, 0.6) is 0 Å². The van der Waals surface area contributed by atoms with E-state index in [1.807, 2.05) is 31.2 Å². The molecule has 0 saturated carbocycles. The molecule has 0 heterocycles. The third-order valence-corrected chi connectivity index (χ3v) is 1.87. The van der Waals surface area contributed by atoms with E-state index in [4.69, 9.17) is 5.11 Å². The minimum Gasteiger partial charge on any atom is -0.478 e. The molecule has 0 spiro atoms. The maximum Gasteiger partial charge on any atom is 0.335 e. The van der Waals surface area contributed by atoms with Crippen molar-refractivity contribution in [3.05, 3.63) is 53.6 Å². The number of benzene rings is 1. The van der Waals surface area contributed by atoms with E-state index < -0.39 is 5.97 Å². The lowest BCUT2D eigenvalue weighted by atomic mass is 10.1. The van der Waals surface area contributed by atoms with E-state index in [1.54, 1.807) is 6.08 Å². The van der Waals surface area contributed by atoms with E-state index in [0.29, 0.717) is 0 Å². The molecular formula is C12H12O2. The van der Waals surface area contributed by atoms with Crippen molar-refractivity contribution in [3.8, 4) is 0 Å². The van der Waals surface area contributed by atoms with Gasteiger partial charge in [0.25, 0.3) is 0 Å². The number of rotatable bonds is 3. The van der Waals surface area contributed by atoms with E-state index in [0.717, 1.165) is 11.1 Å². The van der Waals surface area contributed by atoms with E-state index in [1.165, 1.54) is 6.08 Å². The summed E-state index contributed by atoms with van der Waals surface area (Å²) in [5, 5.41) is 8.75. The minimum atomic E-state index is -0.958. The molecule has 0 atom stereocenters. The number of aryl methyl sites for hydroxylation is 1. The molecule has 1 rings (SSSR count). The van der Waals surface area contributed by atoms with E-state index in [9.17, 15) is 4.79 Å². The zero-order valence-corrected chi connectivity index (χ0v) is 8.03. The van der Waals surface area contributed by atoms with Gasteiger partial charge in [-0.3, -0.25) is 0 Å². The molecule has 14 heavy (non-hydrogen) atoms. The fraction of sp³-hybridized carbons (Fsp3) is 0.0833. The number of carboxylic acid groups (broad SMARTS) is 1. The van der Waals surface area contributed by atoms with Gasteiger partial charge in [-0.2, -0.15) is 0 Å². The molecule has 1 N–H and O–H groups in total. The van der Waals surface area contributed by atoms with Crippen LogP contribution in [0.2, 0.25) is 0 Å². The molecule has 0 radical (unpaired) electrons. The molecule has 0 saturated heterocycles. The smallest absolute Gasteiger partial charge is 0.335 e.